The van der Waals surface area contributed by atoms with Gasteiger partial charge in [0.15, 0.2) is 0 Å². The van der Waals surface area contributed by atoms with E-state index in [0.29, 0.717) is 0 Å². The topological polar surface area (TPSA) is 26.7 Å². The molecule has 19 heavy (non-hydrogen) atoms. The van der Waals surface area contributed by atoms with Gasteiger partial charge >= 0.3 is 0 Å². The standard InChI is InChI=1S/C15H21BrN2O/c1-11(19)12-2-5-15(14(16)10-12)18-8-6-17(7-9-18)13-3-4-13/h2,5,10-11,13,19H,3-4,6-9H2,1H3/t11-/m1/s1. The zero-order chi connectivity index (χ0) is 13.4. The van der Waals surface area contributed by atoms with E-state index in [1.165, 1.54) is 31.6 Å². The summed E-state index contributed by atoms with van der Waals surface area (Å²) in [6.45, 7) is 6.35. The average molecular weight is 325 g/mol. The van der Waals surface area contributed by atoms with Gasteiger partial charge in [-0.05, 0) is 53.4 Å². The van der Waals surface area contributed by atoms with E-state index < -0.39 is 6.10 Å². The molecule has 3 rings (SSSR count). The van der Waals surface area contributed by atoms with Gasteiger partial charge in [-0.25, -0.2) is 0 Å². The number of piperazine rings is 1. The van der Waals surface area contributed by atoms with Crippen LogP contribution in [0.1, 0.15) is 31.4 Å². The first-order valence-corrected chi connectivity index (χ1v) is 7.91. The summed E-state index contributed by atoms with van der Waals surface area (Å²) in [4.78, 5) is 5.06. The first kappa shape index (κ1) is 13.4. The Balaban J connectivity index is 1.69. The van der Waals surface area contributed by atoms with Gasteiger partial charge in [0, 0.05) is 36.7 Å². The molecule has 1 saturated carbocycles. The van der Waals surface area contributed by atoms with Crippen LogP contribution in [0.25, 0.3) is 0 Å². The monoisotopic (exact) mass is 324 g/mol. The highest BCUT2D eigenvalue weighted by Crippen LogP contribution is 2.32. The number of aliphatic hydroxyl groups excluding tert-OH is 1. The SMILES string of the molecule is C[C@@H](O)c1ccc(N2CCN(C3CC3)CC2)c(Br)c1. The molecule has 1 aromatic carbocycles. The molecule has 0 amide bonds. The lowest BCUT2D eigenvalue weighted by Crippen LogP contribution is -2.47. The minimum absolute atomic E-state index is 0.405. The van der Waals surface area contributed by atoms with E-state index in [1.807, 2.05) is 12.1 Å². The number of anilines is 1. The maximum absolute atomic E-state index is 9.61. The van der Waals surface area contributed by atoms with Crippen molar-refractivity contribution in [1.29, 1.82) is 0 Å². The smallest absolute Gasteiger partial charge is 0.0762 e. The molecular formula is C15H21BrN2O. The van der Waals surface area contributed by atoms with Crippen LogP contribution in [0.5, 0.6) is 0 Å². The lowest BCUT2D eigenvalue weighted by atomic mass is 10.1. The molecule has 1 saturated heterocycles. The van der Waals surface area contributed by atoms with Crippen LogP contribution >= 0.6 is 15.9 Å². The first-order chi connectivity index (χ1) is 9.15. The predicted molar refractivity (Wildman–Crippen MR) is 81.6 cm³/mol. The van der Waals surface area contributed by atoms with Crippen molar-refractivity contribution in [2.75, 3.05) is 31.1 Å². The average Bonchev–Trinajstić information content (AvgIpc) is 3.23. The molecule has 0 radical (unpaired) electrons. The molecule has 1 aliphatic carbocycles. The third-order valence-corrected chi connectivity index (χ3v) is 4.81. The van der Waals surface area contributed by atoms with E-state index in [9.17, 15) is 5.11 Å². The number of nitrogens with zero attached hydrogens (tertiary/aromatic N) is 2. The van der Waals surface area contributed by atoms with Crippen molar-refractivity contribution in [2.45, 2.75) is 31.9 Å². The highest BCUT2D eigenvalue weighted by atomic mass is 79.9. The van der Waals surface area contributed by atoms with Crippen LogP contribution in [0.15, 0.2) is 22.7 Å². The van der Waals surface area contributed by atoms with Crippen molar-refractivity contribution in [3.8, 4) is 0 Å². The second kappa shape index (κ2) is 5.43. The van der Waals surface area contributed by atoms with Crippen molar-refractivity contribution in [2.24, 2.45) is 0 Å². The largest absolute Gasteiger partial charge is 0.389 e. The van der Waals surface area contributed by atoms with Crippen molar-refractivity contribution in [3.63, 3.8) is 0 Å². The number of rotatable bonds is 3. The molecule has 0 bridgehead atoms. The van der Waals surface area contributed by atoms with E-state index >= 15 is 0 Å². The molecule has 1 aliphatic heterocycles. The quantitative estimate of drug-likeness (QED) is 0.926. The highest BCUT2D eigenvalue weighted by molar-refractivity contribution is 9.10. The fourth-order valence-electron chi connectivity index (χ4n) is 2.81. The summed E-state index contributed by atoms with van der Waals surface area (Å²) in [5.74, 6) is 0. The number of aliphatic hydroxyl groups is 1. The molecule has 2 fully saturated rings. The summed E-state index contributed by atoms with van der Waals surface area (Å²) in [6, 6.07) is 7.06. The van der Waals surface area contributed by atoms with Gasteiger partial charge in [-0.1, -0.05) is 6.07 Å². The summed E-state index contributed by atoms with van der Waals surface area (Å²) in [7, 11) is 0. The van der Waals surface area contributed by atoms with Crippen molar-refractivity contribution >= 4 is 21.6 Å². The van der Waals surface area contributed by atoms with Crippen LogP contribution < -0.4 is 4.90 Å². The molecule has 1 heterocycles. The Morgan fingerprint density at radius 3 is 2.42 bits per heavy atom. The van der Waals surface area contributed by atoms with Crippen LogP contribution in [0.3, 0.4) is 0 Å². The second-order valence-electron chi connectivity index (χ2n) is 5.64. The minimum Gasteiger partial charge on any atom is -0.389 e. The third kappa shape index (κ3) is 2.96. The van der Waals surface area contributed by atoms with Gasteiger partial charge in [0.1, 0.15) is 0 Å². The summed E-state index contributed by atoms with van der Waals surface area (Å²) >= 11 is 3.64. The van der Waals surface area contributed by atoms with Crippen LogP contribution in [-0.4, -0.2) is 42.2 Å². The predicted octanol–water partition coefficient (Wildman–Crippen LogP) is 2.79. The Kier molecular flexibility index (Phi) is 3.83. The molecular weight excluding hydrogens is 304 g/mol. The van der Waals surface area contributed by atoms with Gasteiger partial charge < -0.3 is 10.0 Å². The molecule has 0 aromatic heterocycles. The zero-order valence-electron chi connectivity index (χ0n) is 11.3. The Morgan fingerprint density at radius 1 is 1.21 bits per heavy atom. The lowest BCUT2D eigenvalue weighted by Gasteiger charge is -2.36. The molecule has 2 aliphatic rings. The fourth-order valence-corrected chi connectivity index (χ4v) is 3.45. The van der Waals surface area contributed by atoms with E-state index in [-0.39, 0.29) is 0 Å². The van der Waals surface area contributed by atoms with Gasteiger partial charge in [-0.2, -0.15) is 0 Å². The van der Waals surface area contributed by atoms with Gasteiger partial charge in [-0.15, -0.1) is 0 Å². The second-order valence-corrected chi connectivity index (χ2v) is 6.50. The first-order valence-electron chi connectivity index (χ1n) is 7.11. The maximum Gasteiger partial charge on any atom is 0.0762 e. The molecule has 0 unspecified atom stereocenters. The van der Waals surface area contributed by atoms with Gasteiger partial charge in [0.2, 0.25) is 0 Å². The van der Waals surface area contributed by atoms with Crippen LogP contribution in [0.2, 0.25) is 0 Å². The number of benzene rings is 1. The summed E-state index contributed by atoms with van der Waals surface area (Å²) < 4.78 is 1.09. The van der Waals surface area contributed by atoms with E-state index in [1.54, 1.807) is 6.92 Å². The maximum atomic E-state index is 9.61. The molecule has 1 N–H and O–H groups in total. The Bertz CT molecular complexity index is 451. The van der Waals surface area contributed by atoms with Crippen LogP contribution in [0.4, 0.5) is 5.69 Å². The summed E-state index contributed by atoms with van der Waals surface area (Å²) in [6.07, 6.45) is 2.39. The Morgan fingerprint density at radius 2 is 1.89 bits per heavy atom. The third-order valence-electron chi connectivity index (χ3n) is 4.17. The fraction of sp³-hybridized carbons (Fsp3) is 0.600. The van der Waals surface area contributed by atoms with E-state index in [4.69, 9.17) is 0 Å². The van der Waals surface area contributed by atoms with Crippen molar-refractivity contribution in [1.82, 2.24) is 4.90 Å². The molecule has 1 aromatic rings. The molecule has 4 heteroatoms. The van der Waals surface area contributed by atoms with Crippen LogP contribution in [-0.2, 0) is 0 Å². The molecule has 0 spiro atoms. The summed E-state index contributed by atoms with van der Waals surface area (Å²) in [5.41, 5.74) is 2.21. The minimum atomic E-state index is -0.405. The summed E-state index contributed by atoms with van der Waals surface area (Å²) in [5, 5.41) is 9.61. The van der Waals surface area contributed by atoms with Gasteiger partial charge in [0.05, 0.1) is 11.8 Å². The highest BCUT2D eigenvalue weighted by Gasteiger charge is 2.31. The van der Waals surface area contributed by atoms with E-state index in [0.717, 1.165) is 29.2 Å². The van der Waals surface area contributed by atoms with E-state index in [2.05, 4.69) is 31.8 Å². The van der Waals surface area contributed by atoms with Gasteiger partial charge in [-0.3, -0.25) is 4.90 Å². The van der Waals surface area contributed by atoms with Crippen LogP contribution in [0, 0.1) is 0 Å². The van der Waals surface area contributed by atoms with Crippen molar-refractivity contribution < 1.29 is 5.11 Å². The van der Waals surface area contributed by atoms with Gasteiger partial charge in [0.25, 0.3) is 0 Å². The Hall–Kier alpha value is -0.580. The molecule has 104 valence electrons. The zero-order valence-corrected chi connectivity index (χ0v) is 12.9. The van der Waals surface area contributed by atoms with Crippen molar-refractivity contribution in [3.05, 3.63) is 28.2 Å². The normalized spacial score (nSPS) is 22.6. The lowest BCUT2D eigenvalue weighted by molar-refractivity contribution is 0.199. The number of hydrogen-bond donors (Lipinski definition) is 1. The molecule has 1 atom stereocenters. The molecule has 3 nitrogen and oxygen atoms in total. The number of hydrogen-bond acceptors (Lipinski definition) is 3. The Labute approximate surface area is 123 Å². The number of halogens is 1.